The lowest BCUT2D eigenvalue weighted by Gasteiger charge is -2.28. The molecule has 0 atom stereocenters. The summed E-state index contributed by atoms with van der Waals surface area (Å²) in [6.07, 6.45) is 0. The van der Waals surface area contributed by atoms with Gasteiger partial charge in [-0.05, 0) is 30.3 Å². The Bertz CT molecular complexity index is 724. The van der Waals surface area contributed by atoms with Crippen molar-refractivity contribution in [2.45, 2.75) is 6.54 Å². The number of aromatic carboxylic acids is 1. The van der Waals surface area contributed by atoms with Crippen LogP contribution in [-0.4, -0.2) is 23.6 Å². The number of halogens is 1. The molecular formula is C14H10ClNO5. The lowest BCUT2D eigenvalue weighted by Crippen LogP contribution is -2.38. The van der Waals surface area contributed by atoms with Gasteiger partial charge in [-0.2, -0.15) is 0 Å². The molecule has 21 heavy (non-hydrogen) atoms. The molecule has 108 valence electrons. The fourth-order valence-corrected chi connectivity index (χ4v) is 2.25. The lowest BCUT2D eigenvalue weighted by atomic mass is 10.2. The van der Waals surface area contributed by atoms with E-state index in [1.165, 1.54) is 17.0 Å². The van der Waals surface area contributed by atoms with Crippen LogP contribution < -0.4 is 9.64 Å². The number of carbonyl (C=O) groups excluding carboxylic acids is 1. The van der Waals surface area contributed by atoms with E-state index in [-0.39, 0.29) is 24.8 Å². The quantitative estimate of drug-likeness (QED) is 0.942. The number of carboxylic acid groups (broad SMARTS) is 1. The average molecular weight is 308 g/mol. The van der Waals surface area contributed by atoms with Crippen molar-refractivity contribution in [2.24, 2.45) is 0 Å². The number of hydrogen-bond donors (Lipinski definition) is 1. The monoisotopic (exact) mass is 307 g/mol. The molecule has 2 heterocycles. The molecule has 0 saturated carbocycles. The fraction of sp³-hybridized carbons (Fsp3) is 0.143. The Labute approximate surface area is 124 Å². The molecule has 0 unspecified atom stereocenters. The molecule has 0 aliphatic carbocycles. The zero-order valence-electron chi connectivity index (χ0n) is 10.7. The molecule has 0 saturated heterocycles. The number of carbonyl (C=O) groups is 2. The van der Waals surface area contributed by atoms with Crippen LogP contribution in [0.1, 0.15) is 16.3 Å². The van der Waals surface area contributed by atoms with Gasteiger partial charge in [-0.1, -0.05) is 11.6 Å². The molecule has 0 radical (unpaired) electrons. The number of anilines is 1. The second-order valence-electron chi connectivity index (χ2n) is 4.45. The molecule has 0 bridgehead atoms. The van der Waals surface area contributed by atoms with E-state index in [1.807, 2.05) is 0 Å². The molecule has 6 nitrogen and oxygen atoms in total. The zero-order chi connectivity index (χ0) is 15.0. The van der Waals surface area contributed by atoms with E-state index in [9.17, 15) is 9.59 Å². The van der Waals surface area contributed by atoms with Crippen LogP contribution in [0.3, 0.4) is 0 Å². The highest BCUT2D eigenvalue weighted by atomic mass is 35.5. The van der Waals surface area contributed by atoms with Crippen LogP contribution in [0.25, 0.3) is 0 Å². The van der Waals surface area contributed by atoms with Crippen molar-refractivity contribution >= 4 is 29.2 Å². The molecule has 0 spiro atoms. The maximum Gasteiger partial charge on any atom is 0.371 e. The highest BCUT2D eigenvalue weighted by molar-refractivity contribution is 6.31. The van der Waals surface area contributed by atoms with Crippen molar-refractivity contribution in [3.8, 4) is 5.75 Å². The lowest BCUT2D eigenvalue weighted by molar-refractivity contribution is -0.121. The van der Waals surface area contributed by atoms with Gasteiger partial charge in [0.1, 0.15) is 11.5 Å². The topological polar surface area (TPSA) is 80.0 Å². The number of carboxylic acids is 1. The summed E-state index contributed by atoms with van der Waals surface area (Å²) in [5, 5.41) is 9.31. The summed E-state index contributed by atoms with van der Waals surface area (Å²) in [5.74, 6) is -0.661. The minimum absolute atomic E-state index is 0.0822. The minimum atomic E-state index is -1.15. The third kappa shape index (κ3) is 2.57. The molecule has 1 aliphatic rings. The van der Waals surface area contributed by atoms with E-state index in [0.29, 0.717) is 22.2 Å². The number of hydrogen-bond acceptors (Lipinski definition) is 4. The summed E-state index contributed by atoms with van der Waals surface area (Å²) in [5.41, 5.74) is 0.534. The molecule has 7 heteroatoms. The number of rotatable bonds is 3. The van der Waals surface area contributed by atoms with Gasteiger partial charge >= 0.3 is 5.97 Å². The van der Waals surface area contributed by atoms with Gasteiger partial charge in [0, 0.05) is 5.02 Å². The van der Waals surface area contributed by atoms with Crippen molar-refractivity contribution < 1.29 is 23.8 Å². The Morgan fingerprint density at radius 3 is 2.86 bits per heavy atom. The second kappa shape index (κ2) is 5.14. The summed E-state index contributed by atoms with van der Waals surface area (Å²) in [7, 11) is 0. The van der Waals surface area contributed by atoms with Gasteiger partial charge in [-0.15, -0.1) is 0 Å². The Hall–Kier alpha value is -2.47. The zero-order valence-corrected chi connectivity index (χ0v) is 11.5. The summed E-state index contributed by atoms with van der Waals surface area (Å²) in [6, 6.07) is 7.85. The first-order chi connectivity index (χ1) is 10.0. The molecule has 1 aromatic heterocycles. The van der Waals surface area contributed by atoms with Crippen LogP contribution in [0, 0.1) is 0 Å². The van der Waals surface area contributed by atoms with Gasteiger partial charge in [0.15, 0.2) is 6.61 Å². The van der Waals surface area contributed by atoms with Crippen LogP contribution in [0.4, 0.5) is 5.69 Å². The molecular weight excluding hydrogens is 298 g/mol. The van der Waals surface area contributed by atoms with Crippen molar-refractivity contribution in [2.75, 3.05) is 11.5 Å². The molecule has 1 amide bonds. The van der Waals surface area contributed by atoms with Crippen molar-refractivity contribution in [1.29, 1.82) is 0 Å². The van der Waals surface area contributed by atoms with Crippen LogP contribution >= 0.6 is 11.6 Å². The smallest absolute Gasteiger partial charge is 0.371 e. The maximum absolute atomic E-state index is 12.0. The number of nitrogens with zero attached hydrogens (tertiary/aromatic N) is 1. The normalized spacial score (nSPS) is 13.8. The van der Waals surface area contributed by atoms with Crippen molar-refractivity contribution in [1.82, 2.24) is 0 Å². The molecule has 1 aromatic carbocycles. The first-order valence-electron chi connectivity index (χ1n) is 6.09. The van der Waals surface area contributed by atoms with Crippen LogP contribution in [0.5, 0.6) is 5.75 Å². The second-order valence-corrected chi connectivity index (χ2v) is 4.89. The van der Waals surface area contributed by atoms with Gasteiger partial charge in [0.25, 0.3) is 5.91 Å². The molecule has 1 aliphatic heterocycles. The highest BCUT2D eigenvalue weighted by Gasteiger charge is 2.27. The van der Waals surface area contributed by atoms with E-state index in [2.05, 4.69) is 0 Å². The predicted octanol–water partition coefficient (Wildman–Crippen LogP) is 2.56. The highest BCUT2D eigenvalue weighted by Crippen LogP contribution is 2.35. The summed E-state index contributed by atoms with van der Waals surface area (Å²) < 4.78 is 10.5. The van der Waals surface area contributed by atoms with E-state index in [0.717, 1.165) is 0 Å². The van der Waals surface area contributed by atoms with Gasteiger partial charge in [-0.25, -0.2) is 4.79 Å². The van der Waals surface area contributed by atoms with Crippen LogP contribution in [-0.2, 0) is 11.3 Å². The number of fused-ring (bicyclic) bond motifs is 1. The Balaban J connectivity index is 1.92. The first kappa shape index (κ1) is 13.5. The molecule has 1 N–H and O–H groups in total. The number of amides is 1. The first-order valence-corrected chi connectivity index (χ1v) is 6.47. The van der Waals surface area contributed by atoms with Crippen molar-refractivity contribution in [3.05, 3.63) is 46.9 Å². The number of benzene rings is 1. The van der Waals surface area contributed by atoms with Crippen LogP contribution in [0.15, 0.2) is 34.7 Å². The molecule has 2 aromatic rings. The third-order valence-electron chi connectivity index (χ3n) is 3.05. The van der Waals surface area contributed by atoms with Gasteiger partial charge in [-0.3, -0.25) is 9.69 Å². The minimum Gasteiger partial charge on any atom is -0.482 e. The van der Waals surface area contributed by atoms with E-state index < -0.39 is 5.97 Å². The van der Waals surface area contributed by atoms with Gasteiger partial charge in [0.05, 0.1) is 12.2 Å². The maximum atomic E-state index is 12.0. The van der Waals surface area contributed by atoms with E-state index >= 15 is 0 Å². The predicted molar refractivity (Wildman–Crippen MR) is 73.8 cm³/mol. The van der Waals surface area contributed by atoms with E-state index in [1.54, 1.807) is 18.2 Å². The largest absolute Gasteiger partial charge is 0.482 e. The van der Waals surface area contributed by atoms with E-state index in [4.69, 9.17) is 25.9 Å². The number of ether oxygens (including phenoxy) is 1. The Morgan fingerprint density at radius 1 is 1.33 bits per heavy atom. The van der Waals surface area contributed by atoms with Gasteiger partial charge < -0.3 is 14.3 Å². The van der Waals surface area contributed by atoms with Crippen LogP contribution in [0.2, 0.25) is 5.02 Å². The third-order valence-corrected chi connectivity index (χ3v) is 3.29. The summed E-state index contributed by atoms with van der Waals surface area (Å²) in [6.45, 7) is 0.0317. The summed E-state index contributed by atoms with van der Waals surface area (Å²) >= 11 is 5.94. The Kier molecular flexibility index (Phi) is 3.31. The van der Waals surface area contributed by atoms with Crippen molar-refractivity contribution in [3.63, 3.8) is 0 Å². The van der Waals surface area contributed by atoms with Gasteiger partial charge in [0.2, 0.25) is 5.76 Å². The summed E-state index contributed by atoms with van der Waals surface area (Å²) in [4.78, 5) is 24.3. The average Bonchev–Trinajstić information content (AvgIpc) is 2.91. The molecule has 0 fully saturated rings. The SMILES string of the molecule is O=C(O)c1ccc(CN2C(=O)COc3ccc(Cl)cc32)o1. The molecule has 3 rings (SSSR count). The fourth-order valence-electron chi connectivity index (χ4n) is 2.08. The standard InChI is InChI=1S/C14H10ClNO5/c15-8-1-3-11-10(5-8)16(13(17)7-20-11)6-9-2-4-12(21-9)14(18)19/h1-5H,6-7H2,(H,18,19). The Morgan fingerprint density at radius 2 is 2.14 bits per heavy atom. The number of furan rings is 1.